The van der Waals surface area contributed by atoms with E-state index in [2.05, 4.69) is 5.32 Å². The highest BCUT2D eigenvalue weighted by Gasteiger charge is 2.34. The number of rotatable bonds is 14. The Morgan fingerprint density at radius 1 is 0.902 bits per heavy atom. The van der Waals surface area contributed by atoms with Crippen LogP contribution in [0.5, 0.6) is 5.75 Å². The van der Waals surface area contributed by atoms with E-state index in [1.54, 1.807) is 36.4 Å². The van der Waals surface area contributed by atoms with Gasteiger partial charge in [0.25, 0.3) is 10.0 Å². The predicted octanol–water partition coefficient (Wildman–Crippen LogP) is 5.23. The van der Waals surface area contributed by atoms with Crippen molar-refractivity contribution in [2.75, 3.05) is 24.0 Å². The summed E-state index contributed by atoms with van der Waals surface area (Å²) in [5, 5.41) is 2.91. The first-order valence-corrected chi connectivity index (χ1v) is 15.5. The molecule has 0 aliphatic heterocycles. The highest BCUT2D eigenvalue weighted by Crippen LogP contribution is 2.33. The summed E-state index contributed by atoms with van der Waals surface area (Å²) < 4.78 is 35.1. The number of sulfonamides is 1. The molecule has 3 aromatic carbocycles. The highest BCUT2D eigenvalue weighted by molar-refractivity contribution is 7.92. The summed E-state index contributed by atoms with van der Waals surface area (Å²) >= 11 is 0. The van der Waals surface area contributed by atoms with Gasteiger partial charge in [0.05, 0.1) is 17.2 Å². The van der Waals surface area contributed by atoms with E-state index in [0.717, 1.165) is 27.4 Å². The number of ether oxygens (including phenoxy) is 1. The average molecular weight is 580 g/mol. The third kappa shape index (κ3) is 7.88. The average Bonchev–Trinajstić information content (AvgIpc) is 2.96. The number of aryl methyl sites for hydroxylation is 2. The summed E-state index contributed by atoms with van der Waals surface area (Å²) in [5.74, 6) is -0.413. The summed E-state index contributed by atoms with van der Waals surface area (Å²) in [4.78, 5) is 29.0. The van der Waals surface area contributed by atoms with Gasteiger partial charge in [-0.3, -0.25) is 13.9 Å². The Morgan fingerprint density at radius 2 is 1.56 bits per heavy atom. The van der Waals surface area contributed by atoms with Crippen molar-refractivity contribution in [3.63, 3.8) is 0 Å². The summed E-state index contributed by atoms with van der Waals surface area (Å²) in [6.45, 7) is 9.89. The topological polar surface area (TPSA) is 96.0 Å². The van der Waals surface area contributed by atoms with E-state index in [-0.39, 0.29) is 23.0 Å². The number of nitrogens with zero attached hydrogens (tertiary/aromatic N) is 2. The van der Waals surface area contributed by atoms with Gasteiger partial charge in [0.1, 0.15) is 18.3 Å². The molecule has 0 aliphatic carbocycles. The molecule has 41 heavy (non-hydrogen) atoms. The van der Waals surface area contributed by atoms with Crippen LogP contribution in [0.1, 0.15) is 50.3 Å². The number of carbonyl (C=O) groups excluding carboxylic acids is 2. The lowest BCUT2D eigenvalue weighted by atomic mass is 10.1. The normalized spacial score (nSPS) is 11.9. The molecular formula is C32H41N3O5S. The van der Waals surface area contributed by atoms with Crippen LogP contribution in [0.25, 0.3) is 0 Å². The third-order valence-corrected chi connectivity index (χ3v) is 8.63. The second-order valence-corrected chi connectivity index (χ2v) is 11.8. The lowest BCUT2D eigenvalue weighted by molar-refractivity contribution is -0.140. The second kappa shape index (κ2) is 14.7. The van der Waals surface area contributed by atoms with Gasteiger partial charge in [0.2, 0.25) is 11.8 Å². The van der Waals surface area contributed by atoms with Crippen molar-refractivity contribution >= 4 is 27.5 Å². The van der Waals surface area contributed by atoms with Gasteiger partial charge in [0, 0.05) is 13.1 Å². The molecule has 0 radical (unpaired) electrons. The fraction of sp³-hybridized carbons (Fsp3) is 0.375. The second-order valence-electron chi connectivity index (χ2n) is 9.89. The minimum atomic E-state index is -4.18. The van der Waals surface area contributed by atoms with Gasteiger partial charge in [-0.2, -0.15) is 0 Å². The summed E-state index contributed by atoms with van der Waals surface area (Å²) in [5.41, 5.74) is 3.02. The van der Waals surface area contributed by atoms with Gasteiger partial charge < -0.3 is 15.0 Å². The number of benzene rings is 3. The van der Waals surface area contributed by atoms with Crippen LogP contribution in [0.15, 0.2) is 77.7 Å². The lowest BCUT2D eigenvalue weighted by Crippen LogP contribution is -2.52. The first kappa shape index (κ1) is 31.7. The summed E-state index contributed by atoms with van der Waals surface area (Å²) in [7, 11) is -4.18. The first-order chi connectivity index (χ1) is 19.6. The van der Waals surface area contributed by atoms with Gasteiger partial charge in [-0.05, 0) is 69.0 Å². The van der Waals surface area contributed by atoms with Crippen LogP contribution >= 0.6 is 0 Å². The van der Waals surface area contributed by atoms with Crippen molar-refractivity contribution in [3.8, 4) is 5.75 Å². The molecule has 0 aliphatic rings. The van der Waals surface area contributed by atoms with Crippen molar-refractivity contribution < 1.29 is 22.7 Å². The molecule has 9 heteroatoms. The van der Waals surface area contributed by atoms with Gasteiger partial charge in [-0.25, -0.2) is 8.42 Å². The molecule has 3 aromatic rings. The number of para-hydroxylation sites is 2. The number of hydrogen-bond acceptors (Lipinski definition) is 5. The van der Waals surface area contributed by atoms with Gasteiger partial charge >= 0.3 is 0 Å². The third-order valence-electron chi connectivity index (χ3n) is 6.86. The van der Waals surface area contributed by atoms with Crippen molar-refractivity contribution in [2.24, 2.45) is 0 Å². The molecule has 1 unspecified atom stereocenters. The Bertz CT molecular complexity index is 1420. The molecule has 3 rings (SSSR count). The SMILES string of the molecule is CCCNC(=O)C(CC)N(Cc1ccccc1C)C(=O)CN(c1ccccc1OCC)S(=O)(=O)c1ccc(C)cc1. The smallest absolute Gasteiger partial charge is 0.264 e. The molecule has 2 amide bonds. The first-order valence-electron chi connectivity index (χ1n) is 14.1. The Balaban J connectivity index is 2.11. The standard InChI is InChI=1S/C32H41N3O5S/c1-6-21-33-32(37)28(7-2)34(22-26-14-10-9-13-25(26)5)31(36)23-35(29-15-11-12-16-30(29)40-8-3)41(38,39)27-19-17-24(4)18-20-27/h9-20,28H,6-8,21-23H2,1-5H3,(H,33,37). The quantitative estimate of drug-likeness (QED) is 0.282. The fourth-order valence-corrected chi connectivity index (χ4v) is 5.97. The predicted molar refractivity (Wildman–Crippen MR) is 162 cm³/mol. The zero-order valence-corrected chi connectivity index (χ0v) is 25.4. The number of hydrogen-bond donors (Lipinski definition) is 1. The molecule has 0 heterocycles. The van der Waals surface area contributed by atoms with E-state index in [9.17, 15) is 18.0 Å². The maximum absolute atomic E-state index is 14.2. The van der Waals surface area contributed by atoms with E-state index in [4.69, 9.17) is 4.74 Å². The zero-order chi connectivity index (χ0) is 30.0. The van der Waals surface area contributed by atoms with Crippen molar-refractivity contribution in [2.45, 2.75) is 64.9 Å². The molecular weight excluding hydrogens is 538 g/mol. The van der Waals surface area contributed by atoms with Crippen molar-refractivity contribution in [1.82, 2.24) is 10.2 Å². The van der Waals surface area contributed by atoms with Crippen LogP contribution in [0.3, 0.4) is 0 Å². The van der Waals surface area contributed by atoms with E-state index in [1.165, 1.54) is 17.0 Å². The largest absolute Gasteiger partial charge is 0.492 e. The maximum Gasteiger partial charge on any atom is 0.264 e. The number of anilines is 1. The Labute approximate surface area is 244 Å². The number of nitrogens with one attached hydrogen (secondary N) is 1. The van der Waals surface area contributed by atoms with Crippen LogP contribution in [0.4, 0.5) is 5.69 Å². The monoisotopic (exact) mass is 579 g/mol. The van der Waals surface area contributed by atoms with Gasteiger partial charge in [0.15, 0.2) is 0 Å². The van der Waals surface area contributed by atoms with Crippen LogP contribution in [0.2, 0.25) is 0 Å². The minimum absolute atomic E-state index is 0.0559. The highest BCUT2D eigenvalue weighted by atomic mass is 32.2. The minimum Gasteiger partial charge on any atom is -0.492 e. The molecule has 0 saturated carbocycles. The number of carbonyl (C=O) groups is 2. The maximum atomic E-state index is 14.2. The van der Waals surface area contributed by atoms with Gasteiger partial charge in [-0.15, -0.1) is 0 Å². The molecule has 8 nitrogen and oxygen atoms in total. The van der Waals surface area contributed by atoms with E-state index in [0.29, 0.717) is 25.3 Å². The summed E-state index contributed by atoms with van der Waals surface area (Å²) in [6, 6.07) is 20.1. The van der Waals surface area contributed by atoms with Crippen LogP contribution in [-0.2, 0) is 26.2 Å². The lowest BCUT2D eigenvalue weighted by Gasteiger charge is -2.34. The molecule has 0 bridgehead atoms. The summed E-state index contributed by atoms with van der Waals surface area (Å²) in [6.07, 6.45) is 1.12. The molecule has 1 N–H and O–H groups in total. The fourth-order valence-electron chi connectivity index (χ4n) is 4.55. The van der Waals surface area contributed by atoms with Crippen LogP contribution in [0, 0.1) is 13.8 Å². The Kier molecular flexibility index (Phi) is 11.3. The molecule has 0 aromatic heterocycles. The van der Waals surface area contributed by atoms with Crippen molar-refractivity contribution in [3.05, 3.63) is 89.5 Å². The molecule has 1 atom stereocenters. The molecule has 0 saturated heterocycles. The Morgan fingerprint density at radius 3 is 2.20 bits per heavy atom. The van der Waals surface area contributed by atoms with Crippen molar-refractivity contribution in [1.29, 1.82) is 0 Å². The zero-order valence-electron chi connectivity index (χ0n) is 24.6. The molecule has 0 fully saturated rings. The Hall–Kier alpha value is -3.85. The van der Waals surface area contributed by atoms with Crippen LogP contribution < -0.4 is 14.4 Å². The van der Waals surface area contributed by atoms with Crippen LogP contribution in [-0.4, -0.2) is 50.9 Å². The van der Waals surface area contributed by atoms with E-state index in [1.807, 2.05) is 58.9 Å². The molecule has 220 valence electrons. The number of amides is 2. The molecule has 0 spiro atoms. The van der Waals surface area contributed by atoms with Gasteiger partial charge in [-0.1, -0.05) is 67.9 Å². The van der Waals surface area contributed by atoms with E-state index < -0.39 is 28.5 Å². The van der Waals surface area contributed by atoms with E-state index >= 15 is 0 Å².